The van der Waals surface area contributed by atoms with E-state index in [0.717, 1.165) is 30.2 Å². The molecule has 1 heterocycles. The number of hydrogen-bond donors (Lipinski definition) is 1. The second-order valence-corrected chi connectivity index (χ2v) is 8.25. The van der Waals surface area contributed by atoms with Crippen LogP contribution in [0.4, 0.5) is 4.39 Å². The van der Waals surface area contributed by atoms with E-state index in [1.165, 1.54) is 12.2 Å². The number of ketones is 1. The maximum Gasteiger partial charge on any atom is 0.202 e. The SMILES string of the molecule is CCCCC1(CC)C(=O)SC2=C(C(=O)C(F)C=C2)C(c2ccccc2)C1O. The molecule has 0 saturated carbocycles. The lowest BCUT2D eigenvalue weighted by Crippen LogP contribution is -2.44. The second kappa shape index (κ2) is 8.11. The first-order valence-corrected chi connectivity index (χ1v) is 10.3. The summed E-state index contributed by atoms with van der Waals surface area (Å²) in [6, 6.07) is 9.18. The van der Waals surface area contributed by atoms with Crippen molar-refractivity contribution in [3.63, 3.8) is 0 Å². The van der Waals surface area contributed by atoms with Gasteiger partial charge in [-0.05, 0) is 30.6 Å². The van der Waals surface area contributed by atoms with Crippen LogP contribution >= 0.6 is 11.8 Å². The van der Waals surface area contributed by atoms with Crippen molar-refractivity contribution in [1.29, 1.82) is 0 Å². The molecule has 144 valence electrons. The minimum Gasteiger partial charge on any atom is -0.391 e. The lowest BCUT2D eigenvalue weighted by molar-refractivity contribution is -0.129. The van der Waals surface area contributed by atoms with E-state index in [4.69, 9.17) is 0 Å². The Kier molecular flexibility index (Phi) is 6.02. The highest BCUT2D eigenvalue weighted by Crippen LogP contribution is 2.52. The Labute approximate surface area is 163 Å². The van der Waals surface area contributed by atoms with Crippen molar-refractivity contribution in [1.82, 2.24) is 0 Å². The normalized spacial score (nSPS) is 31.0. The summed E-state index contributed by atoms with van der Waals surface area (Å²) in [6.07, 6.45) is 2.64. The number of benzene rings is 1. The molecule has 2 aliphatic rings. The Morgan fingerprint density at radius 3 is 2.52 bits per heavy atom. The predicted octanol–water partition coefficient (Wildman–Crippen LogP) is 4.72. The summed E-state index contributed by atoms with van der Waals surface area (Å²) in [4.78, 5) is 26.4. The fourth-order valence-corrected chi connectivity index (χ4v) is 5.35. The minimum absolute atomic E-state index is 0.133. The van der Waals surface area contributed by atoms with Crippen molar-refractivity contribution in [3.8, 4) is 0 Å². The third kappa shape index (κ3) is 3.43. The van der Waals surface area contributed by atoms with Crippen LogP contribution in [0.25, 0.3) is 0 Å². The van der Waals surface area contributed by atoms with E-state index < -0.39 is 29.4 Å². The molecule has 0 aromatic heterocycles. The first-order chi connectivity index (χ1) is 13.0. The van der Waals surface area contributed by atoms with Gasteiger partial charge in [-0.3, -0.25) is 9.59 Å². The van der Waals surface area contributed by atoms with Crippen LogP contribution in [0.15, 0.2) is 53.0 Å². The fourth-order valence-electron chi connectivity index (χ4n) is 4.10. The number of thioether (sulfide) groups is 1. The third-order valence-corrected chi connectivity index (χ3v) is 6.93. The van der Waals surface area contributed by atoms with E-state index in [9.17, 15) is 19.1 Å². The molecule has 0 radical (unpaired) electrons. The van der Waals surface area contributed by atoms with Crippen LogP contribution in [0.3, 0.4) is 0 Å². The molecular formula is C22H25FO3S. The number of rotatable bonds is 5. The van der Waals surface area contributed by atoms with E-state index in [2.05, 4.69) is 0 Å². The van der Waals surface area contributed by atoms with Crippen molar-refractivity contribution in [2.24, 2.45) is 5.41 Å². The molecule has 0 amide bonds. The van der Waals surface area contributed by atoms with Gasteiger partial charge in [-0.2, -0.15) is 0 Å². The number of aliphatic hydroxyl groups excluding tert-OH is 1. The van der Waals surface area contributed by atoms with Gasteiger partial charge in [-0.1, -0.05) is 68.8 Å². The van der Waals surface area contributed by atoms with E-state index in [1.54, 1.807) is 0 Å². The topological polar surface area (TPSA) is 54.4 Å². The van der Waals surface area contributed by atoms with Crippen LogP contribution in [-0.2, 0) is 9.59 Å². The quantitative estimate of drug-likeness (QED) is 0.793. The maximum atomic E-state index is 14.2. The first kappa shape index (κ1) is 20.0. The molecule has 1 aliphatic carbocycles. The largest absolute Gasteiger partial charge is 0.391 e. The Hall–Kier alpha value is -1.72. The molecule has 1 N–H and O–H groups in total. The summed E-state index contributed by atoms with van der Waals surface area (Å²) in [5.74, 6) is -1.37. The van der Waals surface area contributed by atoms with Gasteiger partial charge in [-0.15, -0.1) is 0 Å². The molecule has 0 spiro atoms. The van der Waals surface area contributed by atoms with Gasteiger partial charge >= 0.3 is 0 Å². The lowest BCUT2D eigenvalue weighted by Gasteiger charge is -2.38. The lowest BCUT2D eigenvalue weighted by atomic mass is 9.67. The summed E-state index contributed by atoms with van der Waals surface area (Å²) in [5, 5.41) is 11.4. The molecule has 1 aromatic rings. The van der Waals surface area contributed by atoms with Crippen LogP contribution in [-0.4, -0.2) is 28.3 Å². The summed E-state index contributed by atoms with van der Waals surface area (Å²) < 4.78 is 14.2. The zero-order chi connectivity index (χ0) is 19.6. The monoisotopic (exact) mass is 388 g/mol. The first-order valence-electron chi connectivity index (χ1n) is 9.52. The van der Waals surface area contributed by atoms with E-state index >= 15 is 0 Å². The number of allylic oxidation sites excluding steroid dienone is 2. The van der Waals surface area contributed by atoms with Crippen molar-refractivity contribution in [3.05, 3.63) is 58.5 Å². The zero-order valence-corrected chi connectivity index (χ0v) is 16.5. The van der Waals surface area contributed by atoms with Crippen molar-refractivity contribution < 1.29 is 19.1 Å². The van der Waals surface area contributed by atoms with Crippen molar-refractivity contribution >= 4 is 22.7 Å². The average Bonchev–Trinajstić information content (AvgIpc) is 2.77. The van der Waals surface area contributed by atoms with Gasteiger partial charge < -0.3 is 5.11 Å². The standard InChI is InChI=1S/C22H25FO3S/c1-3-5-13-22(4-2)20(25)17(14-9-7-6-8-10-14)18-16(27-21(22)26)12-11-15(23)19(18)24/h6-12,15,17,20,25H,3-5,13H2,1-2H3. The minimum atomic E-state index is -1.73. The highest BCUT2D eigenvalue weighted by molar-refractivity contribution is 8.17. The Morgan fingerprint density at radius 1 is 1.19 bits per heavy atom. The molecule has 3 nitrogen and oxygen atoms in total. The highest BCUT2D eigenvalue weighted by Gasteiger charge is 2.52. The highest BCUT2D eigenvalue weighted by atomic mass is 32.2. The molecule has 1 aliphatic heterocycles. The Bertz CT molecular complexity index is 786. The molecular weight excluding hydrogens is 363 g/mol. The Balaban J connectivity index is 2.20. The van der Waals surface area contributed by atoms with E-state index in [1.807, 2.05) is 44.2 Å². The van der Waals surface area contributed by atoms with Crippen LogP contribution < -0.4 is 0 Å². The van der Waals surface area contributed by atoms with Gasteiger partial charge in [0.2, 0.25) is 5.12 Å². The van der Waals surface area contributed by atoms with E-state index in [0.29, 0.717) is 17.7 Å². The molecule has 4 atom stereocenters. The molecule has 1 aromatic carbocycles. The summed E-state index contributed by atoms with van der Waals surface area (Å²) in [7, 11) is 0. The van der Waals surface area contributed by atoms with Gasteiger partial charge in [0.15, 0.2) is 12.0 Å². The summed E-state index contributed by atoms with van der Waals surface area (Å²) in [5.41, 5.74) is 0.00481. The van der Waals surface area contributed by atoms with Crippen molar-refractivity contribution in [2.75, 3.05) is 0 Å². The zero-order valence-electron chi connectivity index (χ0n) is 15.7. The number of aliphatic hydroxyl groups is 1. The number of Topliss-reactive ketones (excluding diaryl/α,β-unsaturated/α-hetero) is 1. The van der Waals surface area contributed by atoms with Gasteiger partial charge in [0, 0.05) is 16.4 Å². The average molecular weight is 389 g/mol. The number of halogens is 1. The maximum absolute atomic E-state index is 14.2. The van der Waals surface area contributed by atoms with E-state index in [-0.39, 0.29) is 10.7 Å². The number of carbonyl (C=O) groups excluding carboxylic acids is 2. The summed E-state index contributed by atoms with van der Waals surface area (Å²) >= 11 is 0.987. The molecule has 27 heavy (non-hydrogen) atoms. The molecule has 0 bridgehead atoms. The molecule has 0 saturated heterocycles. The third-order valence-electron chi connectivity index (χ3n) is 5.77. The molecule has 0 fully saturated rings. The van der Waals surface area contributed by atoms with Gasteiger partial charge in [0.05, 0.1) is 11.5 Å². The van der Waals surface area contributed by atoms with Crippen LogP contribution in [0.5, 0.6) is 0 Å². The van der Waals surface area contributed by atoms with Crippen molar-refractivity contribution in [2.45, 2.75) is 57.7 Å². The van der Waals surface area contributed by atoms with Crippen LogP contribution in [0.1, 0.15) is 51.0 Å². The van der Waals surface area contributed by atoms with Gasteiger partial charge in [-0.25, -0.2) is 4.39 Å². The number of hydrogen-bond acceptors (Lipinski definition) is 4. The van der Waals surface area contributed by atoms with Gasteiger partial charge in [0.25, 0.3) is 0 Å². The summed E-state index contributed by atoms with van der Waals surface area (Å²) in [6.45, 7) is 3.95. The Morgan fingerprint density at radius 2 is 1.89 bits per heavy atom. The number of alkyl halides is 1. The number of unbranched alkanes of at least 4 members (excludes halogenated alkanes) is 1. The molecule has 3 rings (SSSR count). The molecule has 4 unspecified atom stereocenters. The number of carbonyl (C=O) groups is 2. The van der Waals surface area contributed by atoms with Crippen LogP contribution in [0, 0.1) is 5.41 Å². The smallest absolute Gasteiger partial charge is 0.202 e. The second-order valence-electron chi connectivity index (χ2n) is 7.24. The van der Waals surface area contributed by atoms with Crippen LogP contribution in [0.2, 0.25) is 0 Å². The predicted molar refractivity (Wildman–Crippen MR) is 106 cm³/mol. The molecule has 5 heteroatoms. The van der Waals surface area contributed by atoms with Gasteiger partial charge in [0.1, 0.15) is 0 Å². The fraction of sp³-hybridized carbons (Fsp3) is 0.455.